The number of carbonyl (C=O) groups is 1. The van der Waals surface area contributed by atoms with Gasteiger partial charge in [0.05, 0.1) is 5.02 Å². The predicted molar refractivity (Wildman–Crippen MR) is 98.1 cm³/mol. The number of primary sulfonamides is 1. The van der Waals surface area contributed by atoms with Crippen molar-refractivity contribution < 1.29 is 13.2 Å². The second-order valence-electron chi connectivity index (χ2n) is 5.43. The average Bonchev–Trinajstić information content (AvgIpc) is 2.61. The van der Waals surface area contributed by atoms with Crippen LogP contribution in [0.25, 0.3) is 11.1 Å². The predicted octanol–water partition coefficient (Wildman–Crippen LogP) is 3.89. The normalized spacial score (nSPS) is 11.3. The molecule has 25 heavy (non-hydrogen) atoms. The Morgan fingerprint density at radius 1 is 0.880 bits per heavy atom. The lowest BCUT2D eigenvalue weighted by Gasteiger charge is -2.10. The minimum absolute atomic E-state index is 0.0182. The van der Waals surface area contributed by atoms with E-state index >= 15 is 0 Å². The van der Waals surface area contributed by atoms with Gasteiger partial charge in [0.1, 0.15) is 4.90 Å². The molecule has 0 aliphatic heterocycles. The quantitative estimate of drug-likeness (QED) is 0.707. The first-order valence-corrected chi connectivity index (χ1v) is 9.32. The Labute approximate surface area is 150 Å². The van der Waals surface area contributed by atoms with Gasteiger partial charge in [0.2, 0.25) is 10.0 Å². The molecule has 2 N–H and O–H groups in total. The largest absolute Gasteiger partial charge is 0.289 e. The van der Waals surface area contributed by atoms with Crippen molar-refractivity contribution in [1.29, 1.82) is 0 Å². The van der Waals surface area contributed by atoms with E-state index in [-0.39, 0.29) is 21.3 Å². The van der Waals surface area contributed by atoms with Gasteiger partial charge in [0.25, 0.3) is 0 Å². The fourth-order valence-corrected chi connectivity index (χ4v) is 3.64. The third kappa shape index (κ3) is 3.64. The lowest BCUT2D eigenvalue weighted by molar-refractivity contribution is 0.103. The smallest absolute Gasteiger partial charge is 0.239 e. The second kappa shape index (κ2) is 6.80. The highest BCUT2D eigenvalue weighted by atomic mass is 35.5. The first kappa shape index (κ1) is 17.4. The molecule has 3 aromatic rings. The zero-order chi connectivity index (χ0) is 18.0. The van der Waals surface area contributed by atoms with Gasteiger partial charge in [-0.3, -0.25) is 4.79 Å². The molecule has 0 saturated heterocycles. The molecule has 3 aromatic carbocycles. The van der Waals surface area contributed by atoms with Crippen LogP contribution in [0.3, 0.4) is 0 Å². The van der Waals surface area contributed by atoms with Crippen LogP contribution in [0.2, 0.25) is 5.02 Å². The Morgan fingerprint density at radius 3 is 2.20 bits per heavy atom. The van der Waals surface area contributed by atoms with Crippen LogP contribution in [0.15, 0.2) is 77.7 Å². The molecule has 0 atom stereocenters. The number of benzene rings is 3. The van der Waals surface area contributed by atoms with Crippen LogP contribution in [0.1, 0.15) is 15.9 Å². The van der Waals surface area contributed by atoms with Gasteiger partial charge in [-0.25, -0.2) is 13.6 Å². The summed E-state index contributed by atoms with van der Waals surface area (Å²) in [5, 5.41) is 5.14. The van der Waals surface area contributed by atoms with Gasteiger partial charge < -0.3 is 0 Å². The summed E-state index contributed by atoms with van der Waals surface area (Å²) >= 11 is 5.89. The summed E-state index contributed by atoms with van der Waals surface area (Å²) in [7, 11) is -4.02. The van der Waals surface area contributed by atoms with E-state index in [1.165, 1.54) is 18.2 Å². The summed E-state index contributed by atoms with van der Waals surface area (Å²) in [5.74, 6) is -0.305. The van der Waals surface area contributed by atoms with E-state index in [1.807, 2.05) is 42.5 Å². The van der Waals surface area contributed by atoms with Crippen molar-refractivity contribution in [2.45, 2.75) is 4.90 Å². The minimum Gasteiger partial charge on any atom is -0.289 e. The third-order valence-electron chi connectivity index (χ3n) is 3.76. The van der Waals surface area contributed by atoms with Crippen molar-refractivity contribution in [3.63, 3.8) is 0 Å². The van der Waals surface area contributed by atoms with Crippen molar-refractivity contribution >= 4 is 27.4 Å². The van der Waals surface area contributed by atoms with Crippen LogP contribution in [-0.4, -0.2) is 14.2 Å². The maximum absolute atomic E-state index is 13.0. The lowest BCUT2D eigenvalue weighted by Crippen LogP contribution is -2.14. The molecule has 0 fully saturated rings. The molecular formula is C19H14ClNO3S. The fraction of sp³-hybridized carbons (Fsp3) is 0. The van der Waals surface area contributed by atoms with Gasteiger partial charge in [0.15, 0.2) is 5.78 Å². The summed E-state index contributed by atoms with van der Waals surface area (Å²) in [4.78, 5) is 12.7. The molecule has 0 saturated carbocycles. The summed E-state index contributed by atoms with van der Waals surface area (Å²) < 4.78 is 23.3. The summed E-state index contributed by atoms with van der Waals surface area (Å²) in [6, 6.07) is 20.7. The molecule has 3 rings (SSSR count). The van der Waals surface area contributed by atoms with Gasteiger partial charge >= 0.3 is 0 Å². The van der Waals surface area contributed by atoms with Crippen molar-refractivity contribution in [2.24, 2.45) is 5.14 Å². The van der Waals surface area contributed by atoms with E-state index in [9.17, 15) is 13.2 Å². The molecule has 6 heteroatoms. The number of hydrogen-bond donors (Lipinski definition) is 1. The van der Waals surface area contributed by atoms with E-state index in [4.69, 9.17) is 16.7 Å². The Hall–Kier alpha value is -2.47. The summed E-state index contributed by atoms with van der Waals surface area (Å²) in [6.07, 6.45) is 0. The molecule has 0 radical (unpaired) electrons. The standard InChI is InChI=1S/C19H14ClNO3S/c20-17-11-10-14(12-18(17)25(21,23)24)19(22)16-9-5-4-8-15(16)13-6-2-1-3-7-13/h1-12H,(H2,21,23,24). The Morgan fingerprint density at radius 2 is 1.52 bits per heavy atom. The maximum atomic E-state index is 13.0. The van der Waals surface area contributed by atoms with Gasteiger partial charge in [-0.2, -0.15) is 0 Å². The third-order valence-corrected chi connectivity index (χ3v) is 5.15. The van der Waals surface area contributed by atoms with Gasteiger partial charge in [0, 0.05) is 11.1 Å². The molecule has 0 aliphatic rings. The fourth-order valence-electron chi connectivity index (χ4n) is 2.57. The molecule has 0 spiro atoms. The van der Waals surface area contributed by atoms with Gasteiger partial charge in [-0.05, 0) is 29.3 Å². The van der Waals surface area contributed by atoms with Crippen molar-refractivity contribution in [1.82, 2.24) is 0 Å². The molecule has 0 aliphatic carbocycles. The monoisotopic (exact) mass is 371 g/mol. The van der Waals surface area contributed by atoms with Gasteiger partial charge in [-0.15, -0.1) is 0 Å². The summed E-state index contributed by atoms with van der Waals surface area (Å²) in [5.41, 5.74) is 2.33. The Bertz CT molecular complexity index is 1050. The molecule has 0 aromatic heterocycles. The highest BCUT2D eigenvalue weighted by Crippen LogP contribution is 2.28. The maximum Gasteiger partial charge on any atom is 0.239 e. The number of hydrogen-bond acceptors (Lipinski definition) is 3. The van der Waals surface area contributed by atoms with E-state index < -0.39 is 10.0 Å². The zero-order valence-corrected chi connectivity index (χ0v) is 14.6. The summed E-state index contributed by atoms with van der Waals surface area (Å²) in [6.45, 7) is 0. The number of carbonyl (C=O) groups excluding carboxylic acids is 1. The van der Waals surface area contributed by atoms with Crippen molar-refractivity contribution in [3.8, 4) is 11.1 Å². The van der Waals surface area contributed by atoms with Crippen molar-refractivity contribution in [2.75, 3.05) is 0 Å². The zero-order valence-electron chi connectivity index (χ0n) is 13.0. The molecule has 0 bridgehead atoms. The Balaban J connectivity index is 2.12. The topological polar surface area (TPSA) is 77.2 Å². The number of rotatable bonds is 4. The van der Waals surface area contributed by atoms with E-state index in [1.54, 1.807) is 12.1 Å². The number of halogens is 1. The molecule has 0 unspecified atom stereocenters. The number of sulfonamides is 1. The van der Waals surface area contributed by atoms with Crippen LogP contribution in [0.4, 0.5) is 0 Å². The first-order valence-electron chi connectivity index (χ1n) is 7.39. The minimum atomic E-state index is -4.02. The molecular weight excluding hydrogens is 358 g/mol. The molecule has 0 amide bonds. The average molecular weight is 372 g/mol. The highest BCUT2D eigenvalue weighted by Gasteiger charge is 2.19. The van der Waals surface area contributed by atoms with E-state index in [2.05, 4.69) is 0 Å². The van der Waals surface area contributed by atoms with Gasteiger partial charge in [-0.1, -0.05) is 66.2 Å². The van der Waals surface area contributed by atoms with Crippen LogP contribution in [0.5, 0.6) is 0 Å². The van der Waals surface area contributed by atoms with Crippen LogP contribution in [0, 0.1) is 0 Å². The van der Waals surface area contributed by atoms with Crippen LogP contribution < -0.4 is 5.14 Å². The van der Waals surface area contributed by atoms with E-state index in [0.29, 0.717) is 5.56 Å². The lowest BCUT2D eigenvalue weighted by atomic mass is 9.94. The highest BCUT2D eigenvalue weighted by molar-refractivity contribution is 7.89. The molecule has 4 nitrogen and oxygen atoms in total. The van der Waals surface area contributed by atoms with E-state index in [0.717, 1.165) is 11.1 Å². The second-order valence-corrected chi connectivity index (χ2v) is 7.37. The Kier molecular flexibility index (Phi) is 4.72. The number of ketones is 1. The molecule has 126 valence electrons. The first-order chi connectivity index (χ1) is 11.9. The SMILES string of the molecule is NS(=O)(=O)c1cc(C(=O)c2ccccc2-c2ccccc2)ccc1Cl. The van der Waals surface area contributed by atoms with Crippen molar-refractivity contribution in [3.05, 3.63) is 88.9 Å². The number of nitrogens with two attached hydrogens (primary N) is 1. The molecule has 0 heterocycles. The van der Waals surface area contributed by atoms with Crippen LogP contribution >= 0.6 is 11.6 Å². The van der Waals surface area contributed by atoms with Crippen LogP contribution in [-0.2, 0) is 10.0 Å².